The molecule has 0 heterocycles. The number of fused-ring (bicyclic) bond motifs is 4. The molecule has 0 unspecified atom stereocenters. The Morgan fingerprint density at radius 1 is 0.453 bits per heavy atom. The maximum atomic E-state index is 2.97. The third kappa shape index (κ3) is 10.1. The summed E-state index contributed by atoms with van der Waals surface area (Å²) >= 11 is 1.81. The van der Waals surface area contributed by atoms with Crippen LogP contribution in [0, 0.1) is 13.5 Å². The molecule has 9 aromatic rings. The average Bonchev–Trinajstić information content (AvgIpc) is 3.84. The molecule has 0 N–H and O–H groups in total. The summed E-state index contributed by atoms with van der Waals surface area (Å²) in [4.78, 5) is 0. The fraction of sp³-hybridized carbons (Fsp3) is 0.0816. The third-order valence-electron chi connectivity index (χ3n) is 9.20. The van der Waals surface area contributed by atoms with E-state index < -0.39 is 0 Å². The summed E-state index contributed by atoms with van der Waals surface area (Å²) in [7, 11) is 2.97. The number of hydrogen-bond acceptors (Lipinski definition) is 0. The Kier molecular flexibility index (Phi) is 17.5. The Balaban J connectivity index is 0.000000226. The Bertz CT molecular complexity index is 2270. The van der Waals surface area contributed by atoms with Gasteiger partial charge in [-0.1, -0.05) is 122 Å². The molecule has 266 valence electrons. The van der Waals surface area contributed by atoms with Crippen LogP contribution in [0.4, 0.5) is 0 Å². The molecule has 2 radical (unpaired) electrons. The molecule has 0 saturated carbocycles. The predicted octanol–water partition coefficient (Wildman–Crippen LogP) is 14.3. The summed E-state index contributed by atoms with van der Waals surface area (Å²) in [5.41, 5.74) is 8.15. The smallest absolute Gasteiger partial charge is 0.171 e. The molecule has 0 saturated heterocycles. The predicted molar refractivity (Wildman–Crippen MR) is 236 cm³/mol. The minimum atomic E-state index is 0. The van der Waals surface area contributed by atoms with Gasteiger partial charge in [-0.25, -0.2) is 0 Å². The number of aryl methyl sites for hydroxylation is 2. The minimum Gasteiger partial charge on any atom is -0.184 e. The van der Waals surface area contributed by atoms with Crippen LogP contribution in [0.3, 0.4) is 0 Å². The Morgan fingerprint density at radius 3 is 1.17 bits per heavy atom. The molecule has 53 heavy (non-hydrogen) atoms. The summed E-state index contributed by atoms with van der Waals surface area (Å²) in [6.45, 7) is 4.43. The van der Waals surface area contributed by atoms with Crippen LogP contribution in [0.1, 0.15) is 25.0 Å². The first-order valence-corrected chi connectivity index (χ1v) is 20.1. The van der Waals surface area contributed by atoms with E-state index >= 15 is 0 Å². The average molecular weight is 780 g/mol. The van der Waals surface area contributed by atoms with Gasteiger partial charge in [0.25, 0.3) is 0 Å². The number of rotatable bonds is 4. The molecule has 9 aromatic carbocycles. The van der Waals surface area contributed by atoms with Crippen LogP contribution in [0.15, 0.2) is 176 Å². The van der Waals surface area contributed by atoms with Gasteiger partial charge in [0, 0.05) is 0 Å². The van der Waals surface area contributed by atoms with Gasteiger partial charge in [0.1, 0.15) is 0 Å². The van der Waals surface area contributed by atoms with Crippen molar-refractivity contribution in [2.45, 2.75) is 26.7 Å². The normalized spacial score (nSPS) is 9.91. The minimum absolute atomic E-state index is 0. The first kappa shape index (κ1) is 43.2. The zero-order valence-electron chi connectivity index (χ0n) is 30.5. The van der Waals surface area contributed by atoms with Crippen molar-refractivity contribution in [2.75, 3.05) is 0 Å². The Labute approximate surface area is 341 Å². The molecule has 4 heteroatoms. The van der Waals surface area contributed by atoms with Crippen molar-refractivity contribution in [3.63, 3.8) is 0 Å². The number of hydrogen-bond donors (Lipinski definition) is 0. The van der Waals surface area contributed by atoms with Gasteiger partial charge in [0.2, 0.25) is 0 Å². The van der Waals surface area contributed by atoms with Gasteiger partial charge in [-0.05, 0) is 45.5 Å². The quantitative estimate of drug-likeness (QED) is 0.123. The van der Waals surface area contributed by atoms with Gasteiger partial charge in [-0.3, -0.25) is 0 Å². The van der Waals surface area contributed by atoms with E-state index in [0.717, 1.165) is 12.8 Å². The number of benzene rings is 7. The molecule has 9 rings (SSSR count). The van der Waals surface area contributed by atoms with Crippen LogP contribution in [0.5, 0.6) is 0 Å². The largest absolute Gasteiger partial charge is 0.184 e. The summed E-state index contributed by atoms with van der Waals surface area (Å²) in [6, 6.07) is 65.4. The van der Waals surface area contributed by atoms with E-state index in [-0.39, 0.29) is 32.2 Å². The molecule has 0 fully saturated rings. The Morgan fingerprint density at radius 2 is 0.811 bits per heavy atom. The Hall–Kier alpha value is -4.21. The maximum absolute atomic E-state index is 2.97. The van der Waals surface area contributed by atoms with Crippen LogP contribution in [0.25, 0.3) is 65.3 Å². The van der Waals surface area contributed by atoms with E-state index in [1.807, 2.05) is 30.3 Å². The van der Waals surface area contributed by atoms with Gasteiger partial charge in [-0.15, -0.1) is 93.9 Å². The standard InChI is InChI=1S/2C21H17.C6H5.CH3.2ClH.Si.Ti/c2*1-2-15-13-17-9-6-12-20(21(17)14-15)19-11-5-8-16-7-3-4-10-18(16)19;1-2-4-6-5-3-1;;;;;/h2*3-14H,2H2,1H3;1-5H;1H3;2*1H;;/q4*-1;;;;. The van der Waals surface area contributed by atoms with Gasteiger partial charge in [0.05, 0.1) is 0 Å². The van der Waals surface area contributed by atoms with Crippen molar-refractivity contribution in [3.05, 3.63) is 201 Å². The van der Waals surface area contributed by atoms with E-state index in [4.69, 9.17) is 0 Å². The molecule has 0 aromatic heterocycles. The molecule has 0 aliphatic heterocycles. The molecule has 0 aliphatic rings. The van der Waals surface area contributed by atoms with Crippen LogP contribution in [0.2, 0.25) is 0 Å². The van der Waals surface area contributed by atoms with Crippen molar-refractivity contribution in [1.82, 2.24) is 0 Å². The monoisotopic (exact) mass is 778 g/mol. The van der Waals surface area contributed by atoms with Crippen LogP contribution < -0.4 is 0 Å². The second-order valence-electron chi connectivity index (χ2n) is 12.2. The summed E-state index contributed by atoms with van der Waals surface area (Å²) in [6.07, 6.45) is 2.17. The topological polar surface area (TPSA) is 0 Å². The maximum Gasteiger partial charge on any atom is -0.171 e. The van der Waals surface area contributed by atoms with Gasteiger partial charge in [-0.2, -0.15) is 48.5 Å². The third-order valence-corrected chi connectivity index (χ3v) is 9.20. The van der Waals surface area contributed by atoms with E-state index in [0.29, 0.717) is 0 Å². The SMILES string of the molecule is CCc1cc2c(-c3cccc4ccccc34)cccc2[cH-]1.CCc1cc2c(-c3cccc4ccccc34)cccc2[cH-]1.Cl.Cl.[CH3-].[Si]=[Ti].[c-]1ccccc1. The van der Waals surface area contributed by atoms with Crippen molar-refractivity contribution >= 4 is 75.5 Å². The van der Waals surface area contributed by atoms with Crippen molar-refractivity contribution in [2.24, 2.45) is 0 Å². The van der Waals surface area contributed by atoms with Crippen LogP contribution >= 0.6 is 24.8 Å². The fourth-order valence-corrected chi connectivity index (χ4v) is 6.73. The molecule has 0 amide bonds. The zero-order valence-corrected chi connectivity index (χ0v) is 34.7. The molecule has 0 bridgehead atoms. The van der Waals surface area contributed by atoms with Gasteiger partial charge in [0.15, 0.2) is 0 Å². The van der Waals surface area contributed by atoms with Crippen molar-refractivity contribution in [3.8, 4) is 22.3 Å². The molecular formula is C49H44Cl2SiTi-4. The van der Waals surface area contributed by atoms with Gasteiger partial charge >= 0.3 is 26.8 Å². The van der Waals surface area contributed by atoms with E-state index in [1.54, 1.807) is 19.2 Å². The van der Waals surface area contributed by atoms with Gasteiger partial charge < -0.3 is 7.43 Å². The second kappa shape index (κ2) is 21.5. The van der Waals surface area contributed by atoms with Crippen molar-refractivity contribution in [1.29, 1.82) is 0 Å². The first-order valence-electron chi connectivity index (χ1n) is 17.2. The zero-order chi connectivity index (χ0) is 34.7. The van der Waals surface area contributed by atoms with Crippen LogP contribution in [-0.2, 0) is 32.0 Å². The summed E-state index contributed by atoms with van der Waals surface area (Å²) in [5, 5.41) is 10.7. The van der Waals surface area contributed by atoms with E-state index in [1.165, 1.54) is 76.5 Å². The fourth-order valence-electron chi connectivity index (χ4n) is 6.73. The first-order chi connectivity index (χ1) is 24.7. The van der Waals surface area contributed by atoms with Crippen LogP contribution in [-0.4, -0.2) is 7.63 Å². The molecular weight excluding hydrogens is 735 g/mol. The molecule has 0 nitrogen and oxygen atoms in total. The summed E-state index contributed by atoms with van der Waals surface area (Å²) < 4.78 is 0. The second-order valence-corrected chi connectivity index (χ2v) is 12.2. The van der Waals surface area contributed by atoms with E-state index in [9.17, 15) is 0 Å². The molecule has 0 aliphatic carbocycles. The molecule has 0 atom stereocenters. The van der Waals surface area contributed by atoms with E-state index in [2.05, 4.69) is 173 Å². The summed E-state index contributed by atoms with van der Waals surface area (Å²) in [5.74, 6) is 0. The molecule has 0 spiro atoms. The number of halogens is 2. The van der Waals surface area contributed by atoms with Crippen molar-refractivity contribution < 1.29 is 19.2 Å².